The minimum absolute atomic E-state index is 0.243. The second-order valence-electron chi connectivity index (χ2n) is 3.11. The van der Waals surface area contributed by atoms with Crippen molar-refractivity contribution in [2.24, 2.45) is 0 Å². The molecule has 0 rings (SSSR count). The second-order valence-corrected chi connectivity index (χ2v) is 21.8. The second kappa shape index (κ2) is 5.92. The molecule has 2 atom stereocenters. The summed E-state index contributed by atoms with van der Waals surface area (Å²) in [6.07, 6.45) is -0.409. The minimum atomic E-state index is -2.83. The first-order valence-corrected chi connectivity index (χ1v) is 14.4. The van der Waals surface area contributed by atoms with Gasteiger partial charge in [0.1, 0.15) is 0 Å². The fourth-order valence-electron chi connectivity index (χ4n) is 0.794. The van der Waals surface area contributed by atoms with E-state index in [1.807, 2.05) is 0 Å². The molecule has 84 valence electrons. The van der Waals surface area contributed by atoms with Crippen molar-refractivity contribution in [3.63, 3.8) is 0 Å². The molecule has 0 aliphatic rings. The smallest absolute Gasteiger partial charge is 0.195 e. The lowest BCUT2D eigenvalue weighted by atomic mass is 9.69. The van der Waals surface area contributed by atoms with Crippen molar-refractivity contribution >= 4 is 96.1 Å². The maximum Gasteiger partial charge on any atom is 0.338 e. The Morgan fingerprint density at radius 3 is 1.14 bits per heavy atom. The summed E-state index contributed by atoms with van der Waals surface area (Å²) >= 11 is 41.2. The molecule has 0 aromatic carbocycles. The van der Waals surface area contributed by atoms with Crippen molar-refractivity contribution in [3.8, 4) is 0 Å². The molecule has 0 N–H and O–H groups in total. The van der Waals surface area contributed by atoms with E-state index in [0.717, 1.165) is 0 Å². The van der Waals surface area contributed by atoms with Crippen molar-refractivity contribution < 1.29 is 0 Å². The highest BCUT2D eigenvalue weighted by molar-refractivity contribution is 7.69. The molecule has 0 aromatic rings. The molecule has 0 aromatic heterocycles. The van der Waals surface area contributed by atoms with Gasteiger partial charge in [0.05, 0.1) is 0 Å². The van der Waals surface area contributed by atoms with Crippen molar-refractivity contribution in [2.75, 3.05) is 0 Å². The van der Waals surface area contributed by atoms with Crippen LogP contribution in [0.15, 0.2) is 0 Å². The zero-order valence-corrected chi connectivity index (χ0v) is 14.7. The fraction of sp³-hybridized carbons (Fsp3) is 1.00. The van der Waals surface area contributed by atoms with E-state index in [4.69, 9.17) is 77.9 Å². The van der Waals surface area contributed by atoms with E-state index in [0.29, 0.717) is 0 Å². The molecule has 0 fully saturated rings. The molecule has 14 heavy (non-hydrogen) atoms. The van der Waals surface area contributed by atoms with Crippen LogP contribution in [0.3, 0.4) is 0 Å². The molecule has 0 aliphatic carbocycles. The molecule has 0 amide bonds. The molecular formula is C4H8BCl7Si2. The minimum Gasteiger partial charge on any atom is -0.195 e. The zero-order valence-electron chi connectivity index (χ0n) is 7.38. The van der Waals surface area contributed by atoms with Crippen LogP contribution in [0.2, 0.25) is 10.9 Å². The van der Waals surface area contributed by atoms with Gasteiger partial charge in [0, 0.05) is 0 Å². The lowest BCUT2D eigenvalue weighted by molar-refractivity contribution is 1.21. The van der Waals surface area contributed by atoms with Crippen LogP contribution >= 0.6 is 77.9 Å². The number of rotatable bonds is 4. The van der Waals surface area contributed by atoms with E-state index in [-0.39, 0.29) is 10.9 Å². The predicted octanol–water partition coefficient (Wildman–Crippen LogP) is 5.39. The molecule has 0 aliphatic heterocycles. The Balaban J connectivity index is 4.56. The highest BCUT2D eigenvalue weighted by Crippen LogP contribution is 2.45. The largest absolute Gasteiger partial charge is 0.338 e. The van der Waals surface area contributed by atoms with E-state index >= 15 is 0 Å². The molecule has 0 nitrogen and oxygen atoms in total. The van der Waals surface area contributed by atoms with Gasteiger partial charge in [-0.3, -0.25) is 0 Å². The molecule has 0 saturated carbocycles. The average Bonchev–Trinajstić information content (AvgIpc) is 1.97. The van der Waals surface area contributed by atoms with Crippen LogP contribution in [-0.2, 0) is 0 Å². The molecule has 10 heteroatoms. The summed E-state index contributed by atoms with van der Waals surface area (Å²) in [7, 11) is 0. The van der Waals surface area contributed by atoms with Gasteiger partial charge in [0.25, 0.3) is 6.13 Å². The lowest BCUT2D eigenvalue weighted by Crippen LogP contribution is -2.37. The van der Waals surface area contributed by atoms with Crippen LogP contribution in [0.4, 0.5) is 0 Å². The van der Waals surface area contributed by atoms with Gasteiger partial charge in [0.15, 0.2) is 0 Å². The van der Waals surface area contributed by atoms with Crippen LogP contribution in [0.5, 0.6) is 0 Å². The Morgan fingerprint density at radius 2 is 1.00 bits per heavy atom. The normalized spacial score (nSPS) is 17.8. The Hall–Kier alpha value is 2.53. The van der Waals surface area contributed by atoms with Gasteiger partial charge < -0.3 is 0 Å². The molecule has 0 bridgehead atoms. The quantitative estimate of drug-likeness (QED) is 0.459. The van der Waals surface area contributed by atoms with Crippen molar-refractivity contribution in [2.45, 2.75) is 24.7 Å². The first-order valence-electron chi connectivity index (χ1n) is 3.75. The van der Waals surface area contributed by atoms with E-state index in [1.54, 1.807) is 13.8 Å². The lowest BCUT2D eigenvalue weighted by Gasteiger charge is -2.27. The number of hydrogen-bond donors (Lipinski definition) is 0. The monoisotopic (exact) mass is 368 g/mol. The van der Waals surface area contributed by atoms with Gasteiger partial charge in [-0.25, -0.2) is 0 Å². The molecule has 0 heterocycles. The Bertz CT molecular complexity index is 169. The molecule has 0 radical (unpaired) electrons. The summed E-state index contributed by atoms with van der Waals surface area (Å²) in [5.74, 6) is 0. The molecular weight excluding hydrogens is 363 g/mol. The average molecular weight is 371 g/mol. The third-order valence-electron chi connectivity index (χ3n) is 1.99. The highest BCUT2D eigenvalue weighted by atomic mass is 35.8. The molecule has 2 unspecified atom stereocenters. The third kappa shape index (κ3) is 5.24. The number of hydrogen-bond acceptors (Lipinski definition) is 0. The molecule has 0 spiro atoms. The van der Waals surface area contributed by atoms with E-state index in [2.05, 4.69) is 0 Å². The maximum absolute atomic E-state index is 6.11. The number of halogens is 7. The van der Waals surface area contributed by atoms with E-state index in [9.17, 15) is 0 Å². The van der Waals surface area contributed by atoms with Crippen LogP contribution in [-0.4, -0.2) is 18.1 Å². The van der Waals surface area contributed by atoms with Crippen molar-refractivity contribution in [1.82, 2.24) is 0 Å². The Morgan fingerprint density at radius 1 is 0.786 bits per heavy atom. The Kier molecular flexibility index (Phi) is 6.99. The third-order valence-corrected chi connectivity index (χ3v) is 12.1. The Labute approximate surface area is 120 Å². The summed E-state index contributed by atoms with van der Waals surface area (Å²) in [6.45, 7) is 3.55. The SMILES string of the molecule is CC(B(Cl)C(C)[Si](Cl)(Cl)Cl)[Si](Cl)(Cl)Cl. The summed E-state index contributed by atoms with van der Waals surface area (Å²) in [6, 6.07) is -5.67. The zero-order chi connectivity index (χ0) is 11.7. The summed E-state index contributed by atoms with van der Waals surface area (Å²) in [5.41, 5.74) is -0.486. The first-order chi connectivity index (χ1) is 5.98. The van der Waals surface area contributed by atoms with Gasteiger partial charge in [-0.05, 0) is 10.9 Å². The van der Waals surface area contributed by atoms with Crippen molar-refractivity contribution in [3.05, 3.63) is 0 Å². The van der Waals surface area contributed by atoms with Crippen LogP contribution in [0.25, 0.3) is 0 Å². The van der Waals surface area contributed by atoms with Gasteiger partial charge in [-0.1, -0.05) is 13.8 Å². The van der Waals surface area contributed by atoms with E-state index in [1.165, 1.54) is 0 Å². The van der Waals surface area contributed by atoms with Crippen LogP contribution < -0.4 is 0 Å². The van der Waals surface area contributed by atoms with Gasteiger partial charge in [0.2, 0.25) is 0 Å². The van der Waals surface area contributed by atoms with Gasteiger partial charge >= 0.3 is 12.0 Å². The summed E-state index contributed by atoms with van der Waals surface area (Å²) in [5, 5.41) is 0. The standard InChI is InChI=1S/C4H8BCl7Si2/c1-3(13(7,8)9)5(6)4(2)14(10,11)12/h3-4H,1-2H3. The fourth-order valence-corrected chi connectivity index (χ4v) is 7.02. The van der Waals surface area contributed by atoms with Crippen LogP contribution in [0, 0.1) is 0 Å². The summed E-state index contributed by atoms with van der Waals surface area (Å²) < 4.78 is 0. The van der Waals surface area contributed by atoms with Gasteiger partial charge in [-0.15, -0.1) is 66.5 Å². The van der Waals surface area contributed by atoms with Crippen LogP contribution in [0.1, 0.15) is 13.8 Å². The topological polar surface area (TPSA) is 0 Å². The predicted molar refractivity (Wildman–Crippen MR) is 77.1 cm³/mol. The van der Waals surface area contributed by atoms with Gasteiger partial charge in [-0.2, -0.15) is 11.5 Å². The highest BCUT2D eigenvalue weighted by Gasteiger charge is 2.48. The first kappa shape index (κ1) is 16.5. The maximum atomic E-state index is 6.11. The van der Waals surface area contributed by atoms with E-state index < -0.39 is 18.1 Å². The molecule has 0 saturated heterocycles. The summed E-state index contributed by atoms with van der Waals surface area (Å²) in [4.78, 5) is 0. The van der Waals surface area contributed by atoms with Crippen molar-refractivity contribution in [1.29, 1.82) is 0 Å².